The third-order valence-corrected chi connectivity index (χ3v) is 6.84. The van der Waals surface area contributed by atoms with Gasteiger partial charge in [-0.2, -0.15) is 0 Å². The topological polar surface area (TPSA) is 123 Å². The first-order chi connectivity index (χ1) is 15.5. The number of fused-ring (bicyclic) bond motifs is 1. The van der Waals surface area contributed by atoms with Crippen LogP contribution in [0.3, 0.4) is 0 Å². The lowest BCUT2D eigenvalue weighted by atomic mass is 10.2. The number of sulfonamides is 1. The molecule has 3 N–H and O–H groups in total. The third kappa shape index (κ3) is 5.06. The van der Waals surface area contributed by atoms with Crippen molar-refractivity contribution in [3.05, 3.63) is 42.9 Å². The van der Waals surface area contributed by atoms with Gasteiger partial charge in [-0.05, 0) is 36.8 Å². The van der Waals surface area contributed by atoms with E-state index in [2.05, 4.69) is 34.8 Å². The van der Waals surface area contributed by atoms with Crippen LogP contribution in [0.15, 0.2) is 47.8 Å². The molecular formula is C21H27N7O3S. The molecule has 4 rings (SSSR count). The van der Waals surface area contributed by atoms with Gasteiger partial charge in [0.1, 0.15) is 17.8 Å². The van der Waals surface area contributed by atoms with E-state index in [4.69, 9.17) is 0 Å². The lowest BCUT2D eigenvalue weighted by Crippen LogP contribution is -2.49. The lowest BCUT2D eigenvalue weighted by molar-refractivity contribution is -0.117. The van der Waals surface area contributed by atoms with Crippen molar-refractivity contribution in [3.63, 3.8) is 0 Å². The van der Waals surface area contributed by atoms with Crippen molar-refractivity contribution in [1.29, 1.82) is 0 Å². The zero-order chi connectivity index (χ0) is 22.6. The van der Waals surface area contributed by atoms with Crippen molar-refractivity contribution in [2.75, 3.05) is 49.5 Å². The predicted molar refractivity (Wildman–Crippen MR) is 123 cm³/mol. The van der Waals surface area contributed by atoms with Crippen molar-refractivity contribution in [2.45, 2.75) is 18.2 Å². The van der Waals surface area contributed by atoms with Crippen LogP contribution in [0.4, 0.5) is 11.5 Å². The van der Waals surface area contributed by atoms with Crippen molar-refractivity contribution in [2.24, 2.45) is 0 Å². The van der Waals surface area contributed by atoms with Gasteiger partial charge in [-0.15, -0.1) is 0 Å². The normalized spacial score (nSPS) is 15.2. The summed E-state index contributed by atoms with van der Waals surface area (Å²) in [5, 5.41) is 3.83. The fourth-order valence-corrected chi connectivity index (χ4v) is 4.80. The summed E-state index contributed by atoms with van der Waals surface area (Å²) < 4.78 is 26.8. The molecule has 170 valence electrons. The number of nitrogens with zero attached hydrogens (tertiary/aromatic N) is 4. The number of anilines is 2. The van der Waals surface area contributed by atoms with E-state index in [9.17, 15) is 13.2 Å². The average Bonchev–Trinajstić information content (AvgIpc) is 3.28. The van der Waals surface area contributed by atoms with Crippen molar-refractivity contribution < 1.29 is 13.2 Å². The van der Waals surface area contributed by atoms with Gasteiger partial charge in [-0.3, -0.25) is 9.69 Å². The Morgan fingerprint density at radius 1 is 1.09 bits per heavy atom. The summed E-state index contributed by atoms with van der Waals surface area (Å²) in [6, 6.07) is 8.17. The van der Waals surface area contributed by atoms with Crippen molar-refractivity contribution in [1.82, 2.24) is 24.6 Å². The molecule has 1 fully saturated rings. The van der Waals surface area contributed by atoms with E-state index in [1.54, 1.807) is 18.5 Å². The second kappa shape index (κ2) is 9.63. The van der Waals surface area contributed by atoms with E-state index in [0.717, 1.165) is 49.5 Å². The zero-order valence-electron chi connectivity index (χ0n) is 17.9. The molecule has 2 aromatic heterocycles. The fraction of sp³-hybridized carbons (Fsp3) is 0.381. The Hall–Kier alpha value is -3.02. The molecule has 10 nitrogen and oxygen atoms in total. The number of amides is 1. The van der Waals surface area contributed by atoms with Gasteiger partial charge in [0.25, 0.3) is 0 Å². The van der Waals surface area contributed by atoms with Crippen LogP contribution in [-0.4, -0.2) is 73.4 Å². The Labute approximate surface area is 187 Å². The molecule has 1 aromatic carbocycles. The second-order valence-electron chi connectivity index (χ2n) is 7.67. The largest absolute Gasteiger partial charge is 0.353 e. The number of hydrogen-bond donors (Lipinski definition) is 3. The smallest absolute Gasteiger partial charge is 0.240 e. The Morgan fingerprint density at radius 2 is 1.84 bits per heavy atom. The van der Waals surface area contributed by atoms with Gasteiger partial charge in [0, 0.05) is 44.6 Å². The molecule has 1 aliphatic rings. The van der Waals surface area contributed by atoms with Crippen LogP contribution < -0.4 is 14.9 Å². The molecule has 0 bridgehead atoms. The maximum atomic E-state index is 12.5. The molecule has 3 aromatic rings. The van der Waals surface area contributed by atoms with Gasteiger partial charge in [-0.25, -0.2) is 23.1 Å². The molecule has 11 heteroatoms. The van der Waals surface area contributed by atoms with Crippen LogP contribution >= 0.6 is 0 Å². The first-order valence-electron chi connectivity index (χ1n) is 10.6. The number of rotatable bonds is 8. The summed E-state index contributed by atoms with van der Waals surface area (Å²) in [7, 11) is -3.52. The monoisotopic (exact) mass is 457 g/mol. The van der Waals surface area contributed by atoms with E-state index >= 15 is 0 Å². The summed E-state index contributed by atoms with van der Waals surface area (Å²) in [5.74, 6) is 0.775. The van der Waals surface area contributed by atoms with Crippen molar-refractivity contribution >= 4 is 38.5 Å². The van der Waals surface area contributed by atoms with Gasteiger partial charge < -0.3 is 15.2 Å². The third-order valence-electron chi connectivity index (χ3n) is 5.36. The van der Waals surface area contributed by atoms with Gasteiger partial charge in [0.05, 0.1) is 16.8 Å². The van der Waals surface area contributed by atoms with Crippen LogP contribution in [0.5, 0.6) is 0 Å². The highest BCUT2D eigenvalue weighted by Crippen LogP contribution is 2.23. The van der Waals surface area contributed by atoms with E-state index in [-0.39, 0.29) is 17.3 Å². The molecule has 0 spiro atoms. The Balaban J connectivity index is 1.28. The zero-order valence-corrected chi connectivity index (χ0v) is 18.7. The number of benzene rings is 1. The Kier molecular flexibility index (Phi) is 6.68. The van der Waals surface area contributed by atoms with Gasteiger partial charge in [0.15, 0.2) is 0 Å². The number of nitrogens with one attached hydrogen (secondary N) is 3. The fourth-order valence-electron chi connectivity index (χ4n) is 3.67. The molecule has 3 heterocycles. The highest BCUT2D eigenvalue weighted by molar-refractivity contribution is 7.89. The quantitative estimate of drug-likeness (QED) is 0.467. The van der Waals surface area contributed by atoms with Gasteiger partial charge >= 0.3 is 0 Å². The summed E-state index contributed by atoms with van der Waals surface area (Å²) >= 11 is 0. The highest BCUT2D eigenvalue weighted by atomic mass is 32.2. The van der Waals surface area contributed by atoms with Gasteiger partial charge in [-0.1, -0.05) is 6.92 Å². The minimum absolute atomic E-state index is 0.131. The number of aromatic amines is 1. The number of carbonyl (C=O) groups excluding carboxylic acids is 1. The Bertz CT molecular complexity index is 1170. The predicted octanol–water partition coefficient (Wildman–Crippen LogP) is 1.41. The van der Waals surface area contributed by atoms with E-state index in [0.29, 0.717) is 12.2 Å². The first-order valence-corrected chi connectivity index (χ1v) is 12.1. The number of H-pyrrole nitrogens is 1. The number of piperazine rings is 1. The molecule has 0 atom stereocenters. The highest BCUT2D eigenvalue weighted by Gasteiger charge is 2.22. The molecule has 0 unspecified atom stereocenters. The Morgan fingerprint density at radius 3 is 2.56 bits per heavy atom. The van der Waals surface area contributed by atoms with Crippen LogP contribution in [0, 0.1) is 0 Å². The lowest BCUT2D eigenvalue weighted by Gasteiger charge is -2.35. The molecule has 32 heavy (non-hydrogen) atoms. The minimum atomic E-state index is -3.52. The maximum Gasteiger partial charge on any atom is 0.240 e. The molecule has 0 saturated carbocycles. The van der Waals surface area contributed by atoms with E-state index in [1.165, 1.54) is 12.1 Å². The molecule has 0 radical (unpaired) electrons. The summed E-state index contributed by atoms with van der Waals surface area (Å²) in [4.78, 5) is 28.7. The average molecular weight is 458 g/mol. The summed E-state index contributed by atoms with van der Waals surface area (Å²) in [6.07, 6.45) is 4.13. The standard InChI is InChI=1S/C21H27N7O3S/c1-2-8-25-32(30,31)17-5-3-16(4-6-17)26-19(29)14-27-10-12-28(13-11-27)21-18-7-9-22-20(18)23-15-24-21/h3-7,9,15,25H,2,8,10-14H2,1H3,(H,26,29)(H,22,23,24). The minimum Gasteiger partial charge on any atom is -0.353 e. The second-order valence-corrected chi connectivity index (χ2v) is 9.44. The van der Waals surface area contributed by atoms with Crippen molar-refractivity contribution in [3.8, 4) is 0 Å². The SMILES string of the molecule is CCCNS(=O)(=O)c1ccc(NC(=O)CN2CCN(c3ncnc4[nH]ccc34)CC2)cc1. The molecule has 1 amide bonds. The molecular weight excluding hydrogens is 430 g/mol. The first kappa shape index (κ1) is 22.2. The van der Waals surface area contributed by atoms with E-state index < -0.39 is 10.0 Å². The molecule has 1 saturated heterocycles. The summed E-state index contributed by atoms with van der Waals surface area (Å²) in [6.45, 7) is 5.57. The molecule has 0 aliphatic carbocycles. The number of aromatic nitrogens is 3. The molecule has 1 aliphatic heterocycles. The van der Waals surface area contributed by atoms with Gasteiger partial charge in [0.2, 0.25) is 15.9 Å². The maximum absolute atomic E-state index is 12.5. The van der Waals surface area contributed by atoms with E-state index in [1.807, 2.05) is 19.2 Å². The van der Waals surface area contributed by atoms with Crippen LogP contribution in [0.2, 0.25) is 0 Å². The number of carbonyl (C=O) groups is 1. The number of hydrogen-bond acceptors (Lipinski definition) is 7. The van der Waals surface area contributed by atoms with Crippen LogP contribution in [-0.2, 0) is 14.8 Å². The van der Waals surface area contributed by atoms with Crippen LogP contribution in [0.25, 0.3) is 11.0 Å². The summed E-state index contributed by atoms with van der Waals surface area (Å²) in [5.41, 5.74) is 1.38. The van der Waals surface area contributed by atoms with Crippen LogP contribution in [0.1, 0.15) is 13.3 Å².